The predicted octanol–water partition coefficient (Wildman–Crippen LogP) is 2.06. The number of fused-ring (bicyclic) bond motifs is 1. The van der Waals surface area contributed by atoms with Crippen molar-refractivity contribution in [3.8, 4) is 0 Å². The molecule has 0 N–H and O–H groups in total. The summed E-state index contributed by atoms with van der Waals surface area (Å²) in [4.78, 5) is 1.93. The maximum Gasteiger partial charge on any atom is 0.200 e. The highest BCUT2D eigenvalue weighted by atomic mass is 79.9. The highest BCUT2D eigenvalue weighted by Crippen LogP contribution is 2.21. The number of nitrogens with zero attached hydrogens (tertiary/aromatic N) is 6. The van der Waals surface area contributed by atoms with Crippen molar-refractivity contribution in [3.63, 3.8) is 0 Å². The second-order valence-corrected chi connectivity index (χ2v) is 5.16. The Kier molecular flexibility index (Phi) is 3.31. The summed E-state index contributed by atoms with van der Waals surface area (Å²) < 4.78 is 15.2. The fourth-order valence-electron chi connectivity index (χ4n) is 1.83. The van der Waals surface area contributed by atoms with Crippen LogP contribution in [0.2, 0.25) is 0 Å². The number of halogens is 2. The number of hydrogen-bond donors (Lipinski definition) is 0. The van der Waals surface area contributed by atoms with Crippen LogP contribution < -0.4 is 4.90 Å². The van der Waals surface area contributed by atoms with E-state index in [4.69, 9.17) is 0 Å². The van der Waals surface area contributed by atoms with Gasteiger partial charge in [0.25, 0.3) is 0 Å². The molecule has 3 rings (SSSR count). The standard InChI is InChI=1S/C12H10BrFN6/c1-19(7-8-2-3-9(14)6-10(8)13)12-5-4-11-15-17-18-20(11)16-12/h2-6H,7H2,1H3. The van der Waals surface area contributed by atoms with Gasteiger partial charge in [-0.05, 0) is 40.3 Å². The number of benzene rings is 1. The molecule has 0 radical (unpaired) electrons. The van der Waals surface area contributed by atoms with Gasteiger partial charge in [0.05, 0.1) is 0 Å². The van der Waals surface area contributed by atoms with Crippen molar-refractivity contribution < 1.29 is 4.39 Å². The smallest absolute Gasteiger partial charge is 0.200 e. The molecule has 0 unspecified atom stereocenters. The largest absolute Gasteiger partial charge is 0.354 e. The Hall–Kier alpha value is -2.09. The van der Waals surface area contributed by atoms with Crippen molar-refractivity contribution in [2.75, 3.05) is 11.9 Å². The van der Waals surface area contributed by atoms with Gasteiger partial charge in [-0.15, -0.1) is 14.8 Å². The van der Waals surface area contributed by atoms with Gasteiger partial charge in [0, 0.05) is 18.1 Å². The Morgan fingerprint density at radius 2 is 2.15 bits per heavy atom. The molecular weight excluding hydrogens is 327 g/mol. The first kappa shape index (κ1) is 12.9. The van der Waals surface area contributed by atoms with Gasteiger partial charge >= 0.3 is 0 Å². The summed E-state index contributed by atoms with van der Waals surface area (Å²) in [7, 11) is 1.90. The Bertz CT molecular complexity index is 759. The van der Waals surface area contributed by atoms with E-state index in [2.05, 4.69) is 36.6 Å². The third kappa shape index (κ3) is 2.46. The fourth-order valence-corrected chi connectivity index (χ4v) is 2.31. The molecule has 6 nitrogen and oxygen atoms in total. The van der Waals surface area contributed by atoms with Crippen molar-refractivity contribution in [1.29, 1.82) is 0 Å². The number of aromatic nitrogens is 5. The van der Waals surface area contributed by atoms with Crippen LogP contribution in [0, 0.1) is 5.82 Å². The Labute approximate surface area is 122 Å². The first-order valence-electron chi connectivity index (χ1n) is 5.84. The highest BCUT2D eigenvalue weighted by Gasteiger charge is 2.09. The van der Waals surface area contributed by atoms with Gasteiger partial charge < -0.3 is 4.90 Å². The van der Waals surface area contributed by atoms with E-state index in [0.29, 0.717) is 12.2 Å². The molecule has 20 heavy (non-hydrogen) atoms. The molecule has 3 aromatic rings. The molecule has 0 aliphatic rings. The minimum atomic E-state index is -0.267. The van der Waals surface area contributed by atoms with Gasteiger partial charge in [-0.2, -0.15) is 0 Å². The van der Waals surface area contributed by atoms with Crippen molar-refractivity contribution in [2.45, 2.75) is 6.54 Å². The SMILES string of the molecule is CN(Cc1ccc(F)cc1Br)c1ccc2nnnn2n1. The number of tetrazole rings is 1. The minimum Gasteiger partial charge on any atom is -0.354 e. The highest BCUT2D eigenvalue weighted by molar-refractivity contribution is 9.10. The van der Waals surface area contributed by atoms with Gasteiger partial charge in [0.15, 0.2) is 11.5 Å². The zero-order valence-corrected chi connectivity index (χ0v) is 12.1. The lowest BCUT2D eigenvalue weighted by Gasteiger charge is -2.18. The van der Waals surface area contributed by atoms with E-state index >= 15 is 0 Å². The molecule has 0 bridgehead atoms. The number of rotatable bonds is 3. The Balaban J connectivity index is 1.86. The first-order chi connectivity index (χ1) is 9.63. The third-order valence-electron chi connectivity index (χ3n) is 2.87. The van der Waals surface area contributed by atoms with Crippen LogP contribution >= 0.6 is 15.9 Å². The van der Waals surface area contributed by atoms with E-state index < -0.39 is 0 Å². The lowest BCUT2D eigenvalue weighted by atomic mass is 10.2. The summed E-state index contributed by atoms with van der Waals surface area (Å²) in [6.07, 6.45) is 0. The van der Waals surface area contributed by atoms with E-state index in [0.717, 1.165) is 15.9 Å². The van der Waals surface area contributed by atoms with E-state index in [1.54, 1.807) is 12.1 Å². The lowest BCUT2D eigenvalue weighted by molar-refractivity contribution is 0.625. The maximum absolute atomic E-state index is 13.1. The Morgan fingerprint density at radius 1 is 1.30 bits per heavy atom. The zero-order chi connectivity index (χ0) is 14.1. The van der Waals surface area contributed by atoms with Crippen LogP contribution in [0.1, 0.15) is 5.56 Å². The molecule has 0 spiro atoms. The molecule has 8 heteroatoms. The number of hydrogen-bond acceptors (Lipinski definition) is 5. The van der Waals surface area contributed by atoms with Gasteiger partial charge in [0.2, 0.25) is 0 Å². The molecule has 0 saturated carbocycles. The van der Waals surface area contributed by atoms with Crippen LogP contribution in [0.25, 0.3) is 5.65 Å². The summed E-state index contributed by atoms with van der Waals surface area (Å²) >= 11 is 3.36. The van der Waals surface area contributed by atoms with Crippen LogP contribution in [0.5, 0.6) is 0 Å². The molecule has 0 saturated heterocycles. The quantitative estimate of drug-likeness (QED) is 0.732. The molecule has 2 aromatic heterocycles. The van der Waals surface area contributed by atoms with Crippen LogP contribution in [0.3, 0.4) is 0 Å². The van der Waals surface area contributed by atoms with E-state index in [1.807, 2.05) is 18.0 Å². The summed E-state index contributed by atoms with van der Waals surface area (Å²) in [6.45, 7) is 0.585. The average molecular weight is 337 g/mol. The molecular formula is C12H10BrFN6. The molecule has 0 fully saturated rings. The second kappa shape index (κ2) is 5.12. The first-order valence-corrected chi connectivity index (χ1v) is 6.63. The number of anilines is 1. The predicted molar refractivity (Wildman–Crippen MR) is 74.8 cm³/mol. The minimum absolute atomic E-state index is 0.267. The molecule has 0 atom stereocenters. The normalized spacial score (nSPS) is 10.9. The van der Waals surface area contributed by atoms with Crippen molar-refractivity contribution in [2.24, 2.45) is 0 Å². The van der Waals surface area contributed by atoms with Crippen molar-refractivity contribution >= 4 is 27.4 Å². The van der Waals surface area contributed by atoms with Gasteiger partial charge in [-0.1, -0.05) is 22.0 Å². The lowest BCUT2D eigenvalue weighted by Crippen LogP contribution is -2.19. The van der Waals surface area contributed by atoms with Crippen LogP contribution in [-0.2, 0) is 6.54 Å². The average Bonchev–Trinajstić information content (AvgIpc) is 2.89. The zero-order valence-electron chi connectivity index (χ0n) is 10.5. The monoisotopic (exact) mass is 336 g/mol. The van der Waals surface area contributed by atoms with Crippen LogP contribution in [0.15, 0.2) is 34.8 Å². The van der Waals surface area contributed by atoms with Gasteiger partial charge in [-0.25, -0.2) is 4.39 Å². The van der Waals surface area contributed by atoms with Crippen molar-refractivity contribution in [3.05, 3.63) is 46.2 Å². The maximum atomic E-state index is 13.1. The van der Waals surface area contributed by atoms with E-state index in [-0.39, 0.29) is 5.82 Å². The summed E-state index contributed by atoms with van der Waals surface area (Å²) in [5, 5.41) is 15.4. The van der Waals surface area contributed by atoms with E-state index in [1.165, 1.54) is 16.8 Å². The Morgan fingerprint density at radius 3 is 2.95 bits per heavy atom. The fraction of sp³-hybridized carbons (Fsp3) is 0.167. The van der Waals surface area contributed by atoms with Crippen molar-refractivity contribution in [1.82, 2.24) is 25.3 Å². The molecule has 0 aliphatic carbocycles. The molecule has 0 amide bonds. The molecule has 1 aromatic carbocycles. The topological polar surface area (TPSA) is 59.2 Å². The van der Waals surface area contributed by atoms with E-state index in [9.17, 15) is 4.39 Å². The van der Waals surface area contributed by atoms with Gasteiger partial charge in [-0.3, -0.25) is 0 Å². The summed E-state index contributed by atoms with van der Waals surface area (Å²) in [6, 6.07) is 8.25. The van der Waals surface area contributed by atoms with Gasteiger partial charge in [0.1, 0.15) is 5.82 Å². The third-order valence-corrected chi connectivity index (χ3v) is 3.61. The summed E-state index contributed by atoms with van der Waals surface area (Å²) in [5.41, 5.74) is 1.55. The molecule has 2 heterocycles. The van der Waals surface area contributed by atoms with Crippen LogP contribution in [-0.4, -0.2) is 32.3 Å². The molecule has 102 valence electrons. The van der Waals surface area contributed by atoms with Crippen LogP contribution in [0.4, 0.5) is 10.2 Å². The second-order valence-electron chi connectivity index (χ2n) is 4.31. The molecule has 0 aliphatic heterocycles. The summed E-state index contributed by atoms with van der Waals surface area (Å²) in [5.74, 6) is 0.456.